The molecular formula is C15H28O5. The molecule has 5 heteroatoms. The van der Waals surface area contributed by atoms with Gasteiger partial charge in [0.05, 0.1) is 19.1 Å². The molecule has 0 aliphatic carbocycles. The van der Waals surface area contributed by atoms with Gasteiger partial charge in [0, 0.05) is 0 Å². The van der Waals surface area contributed by atoms with E-state index < -0.39 is 18.2 Å². The van der Waals surface area contributed by atoms with Crippen LogP contribution in [0.4, 0.5) is 4.79 Å². The first-order chi connectivity index (χ1) is 9.46. The van der Waals surface area contributed by atoms with E-state index in [1.807, 2.05) is 20.8 Å². The van der Waals surface area contributed by atoms with E-state index in [1.165, 1.54) is 0 Å². The summed E-state index contributed by atoms with van der Waals surface area (Å²) in [5.41, 5.74) is 0. The molecule has 2 unspecified atom stereocenters. The number of carbonyl (C=O) groups excluding carboxylic acids is 2. The molecule has 0 saturated carbocycles. The maximum Gasteiger partial charge on any atom is 0.508 e. The molecule has 0 saturated heterocycles. The average Bonchev–Trinajstić information content (AvgIpc) is 2.35. The summed E-state index contributed by atoms with van der Waals surface area (Å²) in [6.07, 6.45) is 0.861. The Morgan fingerprint density at radius 3 is 2.05 bits per heavy atom. The van der Waals surface area contributed by atoms with Crippen LogP contribution in [0, 0.1) is 11.8 Å². The van der Waals surface area contributed by atoms with Crippen LogP contribution in [0.25, 0.3) is 0 Å². The highest BCUT2D eigenvalue weighted by Gasteiger charge is 2.33. The van der Waals surface area contributed by atoms with Gasteiger partial charge in [-0.3, -0.25) is 4.79 Å². The Balaban J connectivity index is 4.89. The highest BCUT2D eigenvalue weighted by molar-refractivity contribution is 5.73. The van der Waals surface area contributed by atoms with Gasteiger partial charge < -0.3 is 14.2 Å². The van der Waals surface area contributed by atoms with E-state index in [0.717, 1.165) is 6.42 Å². The number of hydrogen-bond donors (Lipinski definition) is 0. The molecule has 0 aromatic heterocycles. The summed E-state index contributed by atoms with van der Waals surface area (Å²) in [6.45, 7) is 10.1. The van der Waals surface area contributed by atoms with Gasteiger partial charge >= 0.3 is 12.1 Å². The smallest absolute Gasteiger partial charge is 0.466 e. The summed E-state index contributed by atoms with van der Waals surface area (Å²) in [5.74, 6) is -0.419. The SMILES string of the molecule is CCCC(OC(=O)OCC)C(CC(C)C)C(=O)OCC. The molecule has 0 aliphatic rings. The van der Waals surface area contributed by atoms with E-state index in [9.17, 15) is 9.59 Å². The third kappa shape index (κ3) is 7.36. The van der Waals surface area contributed by atoms with Gasteiger partial charge in [0.2, 0.25) is 0 Å². The minimum atomic E-state index is -0.719. The summed E-state index contributed by atoms with van der Waals surface area (Å²) in [4.78, 5) is 23.6. The van der Waals surface area contributed by atoms with E-state index in [1.54, 1.807) is 13.8 Å². The summed E-state index contributed by atoms with van der Waals surface area (Å²) in [5, 5.41) is 0. The lowest BCUT2D eigenvalue weighted by molar-refractivity contribution is -0.153. The van der Waals surface area contributed by atoms with Gasteiger partial charge in [-0.05, 0) is 32.6 Å². The Hall–Kier alpha value is -1.26. The molecule has 118 valence electrons. The highest BCUT2D eigenvalue weighted by Crippen LogP contribution is 2.23. The van der Waals surface area contributed by atoms with Crippen LogP contribution in [-0.2, 0) is 19.0 Å². The fraction of sp³-hybridized carbons (Fsp3) is 0.867. The van der Waals surface area contributed by atoms with Crippen molar-refractivity contribution in [2.45, 2.75) is 60.0 Å². The first kappa shape index (κ1) is 18.7. The molecule has 20 heavy (non-hydrogen) atoms. The topological polar surface area (TPSA) is 61.8 Å². The molecule has 2 atom stereocenters. The van der Waals surface area contributed by atoms with Crippen LogP contribution in [0.5, 0.6) is 0 Å². The van der Waals surface area contributed by atoms with E-state index >= 15 is 0 Å². The zero-order valence-corrected chi connectivity index (χ0v) is 13.3. The molecule has 0 spiro atoms. The van der Waals surface area contributed by atoms with Gasteiger partial charge in [-0.2, -0.15) is 0 Å². The fourth-order valence-electron chi connectivity index (χ4n) is 2.06. The second kappa shape index (κ2) is 10.5. The normalized spacial score (nSPS) is 13.7. The zero-order chi connectivity index (χ0) is 15.5. The van der Waals surface area contributed by atoms with Crippen molar-refractivity contribution in [1.29, 1.82) is 0 Å². The third-order valence-electron chi connectivity index (χ3n) is 2.85. The van der Waals surface area contributed by atoms with Gasteiger partial charge in [-0.25, -0.2) is 4.79 Å². The molecule has 0 fully saturated rings. The van der Waals surface area contributed by atoms with Crippen LogP contribution in [0.2, 0.25) is 0 Å². The Morgan fingerprint density at radius 2 is 1.60 bits per heavy atom. The van der Waals surface area contributed by atoms with Crippen molar-refractivity contribution in [3.05, 3.63) is 0 Å². The van der Waals surface area contributed by atoms with Gasteiger partial charge in [0.15, 0.2) is 0 Å². The molecule has 5 nitrogen and oxygen atoms in total. The van der Waals surface area contributed by atoms with Gasteiger partial charge in [-0.1, -0.05) is 27.2 Å². The van der Waals surface area contributed by atoms with Crippen molar-refractivity contribution < 1.29 is 23.8 Å². The van der Waals surface area contributed by atoms with Crippen molar-refractivity contribution in [2.24, 2.45) is 11.8 Å². The lowest BCUT2D eigenvalue weighted by Crippen LogP contribution is -2.35. The van der Waals surface area contributed by atoms with E-state index in [4.69, 9.17) is 14.2 Å². The number of esters is 1. The highest BCUT2D eigenvalue weighted by atomic mass is 16.7. The maximum atomic E-state index is 12.1. The first-order valence-corrected chi connectivity index (χ1v) is 7.46. The van der Waals surface area contributed by atoms with Crippen LogP contribution >= 0.6 is 0 Å². The van der Waals surface area contributed by atoms with Crippen molar-refractivity contribution in [3.8, 4) is 0 Å². The molecule has 0 bridgehead atoms. The maximum absolute atomic E-state index is 12.1. The Labute approximate surface area is 122 Å². The van der Waals surface area contributed by atoms with Crippen LogP contribution < -0.4 is 0 Å². The molecular weight excluding hydrogens is 260 g/mol. The Bertz CT molecular complexity index is 288. The Morgan fingerprint density at radius 1 is 1.00 bits per heavy atom. The van der Waals surface area contributed by atoms with Gasteiger partial charge in [0.25, 0.3) is 0 Å². The van der Waals surface area contributed by atoms with E-state index in [-0.39, 0.29) is 12.6 Å². The fourth-order valence-corrected chi connectivity index (χ4v) is 2.06. The molecule has 0 heterocycles. The van der Waals surface area contributed by atoms with Gasteiger partial charge in [-0.15, -0.1) is 0 Å². The number of hydrogen-bond acceptors (Lipinski definition) is 5. The van der Waals surface area contributed by atoms with Crippen LogP contribution in [-0.4, -0.2) is 31.4 Å². The van der Waals surface area contributed by atoms with Crippen molar-refractivity contribution >= 4 is 12.1 Å². The zero-order valence-electron chi connectivity index (χ0n) is 13.3. The van der Waals surface area contributed by atoms with Crippen molar-refractivity contribution in [1.82, 2.24) is 0 Å². The predicted octanol–water partition coefficient (Wildman–Crippen LogP) is 3.55. The number of carbonyl (C=O) groups is 2. The lowest BCUT2D eigenvalue weighted by atomic mass is 9.90. The van der Waals surface area contributed by atoms with Crippen molar-refractivity contribution in [3.63, 3.8) is 0 Å². The summed E-state index contributed by atoms with van der Waals surface area (Å²) in [6, 6.07) is 0. The predicted molar refractivity (Wildman–Crippen MR) is 76.4 cm³/mol. The molecule has 0 aliphatic heterocycles. The lowest BCUT2D eigenvalue weighted by Gasteiger charge is -2.26. The average molecular weight is 288 g/mol. The number of ether oxygens (including phenoxy) is 3. The second-order valence-corrected chi connectivity index (χ2v) is 5.12. The quantitative estimate of drug-likeness (QED) is 0.607. The van der Waals surface area contributed by atoms with E-state index in [0.29, 0.717) is 25.4 Å². The van der Waals surface area contributed by atoms with Crippen molar-refractivity contribution in [2.75, 3.05) is 13.2 Å². The molecule has 0 N–H and O–H groups in total. The third-order valence-corrected chi connectivity index (χ3v) is 2.85. The van der Waals surface area contributed by atoms with Crippen LogP contribution in [0.15, 0.2) is 0 Å². The molecule has 0 aromatic rings. The molecule has 0 rings (SSSR count). The van der Waals surface area contributed by atoms with Gasteiger partial charge in [0.1, 0.15) is 6.10 Å². The minimum Gasteiger partial charge on any atom is -0.466 e. The van der Waals surface area contributed by atoms with Crippen LogP contribution in [0.1, 0.15) is 53.9 Å². The standard InChI is InChI=1S/C15H28O5/c1-6-9-13(20-15(17)19-8-3)12(10-11(4)5)14(16)18-7-2/h11-13H,6-10H2,1-5H3. The molecule has 0 radical (unpaired) electrons. The van der Waals surface area contributed by atoms with E-state index in [2.05, 4.69) is 0 Å². The summed E-state index contributed by atoms with van der Waals surface area (Å²) < 4.78 is 15.2. The summed E-state index contributed by atoms with van der Waals surface area (Å²) >= 11 is 0. The summed E-state index contributed by atoms with van der Waals surface area (Å²) in [7, 11) is 0. The minimum absolute atomic E-state index is 0.256. The number of rotatable bonds is 9. The molecule has 0 amide bonds. The second-order valence-electron chi connectivity index (χ2n) is 5.12. The van der Waals surface area contributed by atoms with Crippen LogP contribution in [0.3, 0.4) is 0 Å². The molecule has 0 aromatic carbocycles. The Kier molecular flexibility index (Phi) is 9.86. The largest absolute Gasteiger partial charge is 0.508 e. The first-order valence-electron chi connectivity index (χ1n) is 7.46. The monoisotopic (exact) mass is 288 g/mol.